The molecule has 0 radical (unpaired) electrons. The minimum absolute atomic E-state index is 0.175. The Balaban J connectivity index is 1.96. The average Bonchev–Trinajstić information content (AvgIpc) is 2.49. The fraction of sp³-hybridized carbons (Fsp3) is 0.235. The number of benzene rings is 2. The Kier molecular flexibility index (Phi) is 5.35. The Bertz CT molecular complexity index is 638. The number of fused-ring (bicyclic) bond motifs is 1. The van der Waals surface area contributed by atoms with E-state index in [0.29, 0.717) is 31.0 Å². The molecule has 2 aromatic rings. The summed E-state index contributed by atoms with van der Waals surface area (Å²) in [6.45, 7) is 5.18. The van der Waals surface area contributed by atoms with Crippen LogP contribution in [0.4, 0.5) is 5.69 Å². The maximum absolute atomic E-state index is 12.1. The van der Waals surface area contributed by atoms with Crippen molar-refractivity contribution >= 4 is 22.4 Å². The highest BCUT2D eigenvalue weighted by Gasteiger charge is 2.10. The van der Waals surface area contributed by atoms with Crippen LogP contribution in [0, 0.1) is 0 Å². The molecule has 21 heavy (non-hydrogen) atoms. The van der Waals surface area contributed by atoms with Crippen molar-refractivity contribution in [2.45, 2.75) is 6.42 Å². The van der Waals surface area contributed by atoms with Gasteiger partial charge in [-0.15, -0.1) is 6.58 Å². The fourth-order valence-corrected chi connectivity index (χ4v) is 2.06. The molecule has 0 heterocycles. The summed E-state index contributed by atoms with van der Waals surface area (Å²) in [5.74, 6) is -0.175. The van der Waals surface area contributed by atoms with Gasteiger partial charge in [-0.2, -0.15) is 0 Å². The van der Waals surface area contributed by atoms with Crippen molar-refractivity contribution < 1.29 is 9.53 Å². The molecule has 3 N–H and O–H groups in total. The van der Waals surface area contributed by atoms with Gasteiger partial charge in [-0.3, -0.25) is 4.79 Å². The highest BCUT2D eigenvalue weighted by Crippen LogP contribution is 2.21. The van der Waals surface area contributed by atoms with Crippen LogP contribution in [-0.4, -0.2) is 25.7 Å². The van der Waals surface area contributed by atoms with Gasteiger partial charge in [0.05, 0.1) is 18.8 Å². The fourth-order valence-electron chi connectivity index (χ4n) is 2.06. The number of ether oxygens (including phenoxy) is 1. The van der Waals surface area contributed by atoms with E-state index in [9.17, 15) is 4.79 Å². The van der Waals surface area contributed by atoms with Crippen LogP contribution in [0.3, 0.4) is 0 Å². The van der Waals surface area contributed by atoms with Crippen LogP contribution in [0.2, 0.25) is 0 Å². The van der Waals surface area contributed by atoms with Gasteiger partial charge in [0, 0.05) is 12.2 Å². The molecular formula is C17H20N2O2. The summed E-state index contributed by atoms with van der Waals surface area (Å²) in [6.07, 6.45) is 2.61. The molecule has 1 amide bonds. The third-order valence-electron chi connectivity index (χ3n) is 3.16. The molecule has 4 heteroatoms. The Morgan fingerprint density at radius 1 is 1.24 bits per heavy atom. The van der Waals surface area contributed by atoms with E-state index < -0.39 is 0 Å². The number of carbonyl (C=O) groups is 1. The van der Waals surface area contributed by atoms with Gasteiger partial charge >= 0.3 is 0 Å². The lowest BCUT2D eigenvalue weighted by Gasteiger charge is -2.09. The van der Waals surface area contributed by atoms with Crippen LogP contribution in [0.5, 0.6) is 0 Å². The van der Waals surface area contributed by atoms with Crippen LogP contribution < -0.4 is 11.1 Å². The number of rotatable bonds is 7. The molecule has 0 saturated carbocycles. The van der Waals surface area contributed by atoms with E-state index in [2.05, 4.69) is 11.9 Å². The van der Waals surface area contributed by atoms with Crippen molar-refractivity contribution in [3.8, 4) is 0 Å². The molecule has 0 saturated heterocycles. The van der Waals surface area contributed by atoms with Gasteiger partial charge in [-0.05, 0) is 29.3 Å². The first-order valence-corrected chi connectivity index (χ1v) is 6.97. The van der Waals surface area contributed by atoms with Crippen molar-refractivity contribution in [2.24, 2.45) is 0 Å². The molecule has 0 spiro atoms. The molecule has 2 rings (SSSR count). The zero-order chi connectivity index (χ0) is 15.1. The average molecular weight is 284 g/mol. The van der Waals surface area contributed by atoms with Gasteiger partial charge in [0.1, 0.15) is 0 Å². The standard InChI is InChI=1S/C17H20N2O2/c1-2-3-9-21-10-8-19-17(20)15-11-13-6-4-5-7-14(13)12-16(15)18/h2,4-7,11-12H,1,3,8-10,18H2,(H,19,20). The maximum Gasteiger partial charge on any atom is 0.253 e. The van der Waals surface area contributed by atoms with Crippen molar-refractivity contribution in [3.63, 3.8) is 0 Å². The summed E-state index contributed by atoms with van der Waals surface area (Å²) in [7, 11) is 0. The summed E-state index contributed by atoms with van der Waals surface area (Å²) in [4.78, 5) is 12.1. The van der Waals surface area contributed by atoms with Gasteiger partial charge < -0.3 is 15.8 Å². The maximum atomic E-state index is 12.1. The highest BCUT2D eigenvalue weighted by molar-refractivity contribution is 6.03. The minimum Gasteiger partial charge on any atom is -0.398 e. The van der Waals surface area contributed by atoms with Crippen LogP contribution in [0.25, 0.3) is 10.8 Å². The second-order valence-electron chi connectivity index (χ2n) is 4.73. The number of hydrogen-bond donors (Lipinski definition) is 2. The van der Waals surface area contributed by atoms with Crippen LogP contribution in [0.15, 0.2) is 49.1 Å². The Labute approximate surface area is 124 Å². The first kappa shape index (κ1) is 15.1. The summed E-state index contributed by atoms with van der Waals surface area (Å²) >= 11 is 0. The molecule has 0 aliphatic heterocycles. The smallest absolute Gasteiger partial charge is 0.253 e. The van der Waals surface area contributed by atoms with E-state index in [1.165, 1.54) is 0 Å². The van der Waals surface area contributed by atoms with Crippen LogP contribution >= 0.6 is 0 Å². The quantitative estimate of drug-likeness (QED) is 0.467. The monoisotopic (exact) mass is 284 g/mol. The van der Waals surface area contributed by atoms with Crippen LogP contribution in [-0.2, 0) is 4.74 Å². The van der Waals surface area contributed by atoms with E-state index in [1.807, 2.05) is 36.4 Å². The van der Waals surface area contributed by atoms with Gasteiger partial charge in [0.25, 0.3) is 5.91 Å². The second-order valence-corrected chi connectivity index (χ2v) is 4.73. The van der Waals surface area contributed by atoms with Gasteiger partial charge in [0.2, 0.25) is 0 Å². The molecular weight excluding hydrogens is 264 g/mol. The first-order chi connectivity index (χ1) is 10.2. The number of anilines is 1. The molecule has 0 atom stereocenters. The summed E-state index contributed by atoms with van der Waals surface area (Å²) < 4.78 is 5.34. The van der Waals surface area contributed by atoms with Crippen molar-refractivity contribution in [2.75, 3.05) is 25.5 Å². The Hall–Kier alpha value is -2.33. The summed E-state index contributed by atoms with van der Waals surface area (Å²) in [5, 5.41) is 4.84. The molecule has 110 valence electrons. The van der Waals surface area contributed by atoms with Gasteiger partial charge in [0.15, 0.2) is 0 Å². The van der Waals surface area contributed by atoms with Crippen LogP contribution in [0.1, 0.15) is 16.8 Å². The van der Waals surface area contributed by atoms with Crippen molar-refractivity contribution in [1.82, 2.24) is 5.32 Å². The zero-order valence-corrected chi connectivity index (χ0v) is 12.0. The number of hydrogen-bond acceptors (Lipinski definition) is 3. The molecule has 2 aromatic carbocycles. The van der Waals surface area contributed by atoms with Crippen molar-refractivity contribution in [1.29, 1.82) is 0 Å². The highest BCUT2D eigenvalue weighted by atomic mass is 16.5. The largest absolute Gasteiger partial charge is 0.398 e. The predicted octanol–water partition coefficient (Wildman–Crippen LogP) is 2.74. The third kappa shape index (κ3) is 4.07. The van der Waals surface area contributed by atoms with E-state index in [0.717, 1.165) is 17.2 Å². The molecule has 0 aromatic heterocycles. The van der Waals surface area contributed by atoms with E-state index in [4.69, 9.17) is 10.5 Å². The third-order valence-corrected chi connectivity index (χ3v) is 3.16. The van der Waals surface area contributed by atoms with Crippen molar-refractivity contribution in [3.05, 3.63) is 54.6 Å². The second kappa shape index (κ2) is 7.45. The van der Waals surface area contributed by atoms with E-state index in [-0.39, 0.29) is 5.91 Å². The molecule has 0 fully saturated rings. The lowest BCUT2D eigenvalue weighted by atomic mass is 10.0. The number of nitrogen functional groups attached to an aromatic ring is 1. The predicted molar refractivity (Wildman–Crippen MR) is 86.3 cm³/mol. The normalized spacial score (nSPS) is 10.5. The Morgan fingerprint density at radius 2 is 1.95 bits per heavy atom. The van der Waals surface area contributed by atoms with Gasteiger partial charge in [-0.25, -0.2) is 0 Å². The molecule has 0 aliphatic rings. The lowest BCUT2D eigenvalue weighted by Crippen LogP contribution is -2.28. The number of nitrogens with two attached hydrogens (primary N) is 1. The number of carbonyl (C=O) groups excluding carboxylic acids is 1. The van der Waals surface area contributed by atoms with Gasteiger partial charge in [-0.1, -0.05) is 30.3 Å². The summed E-state index contributed by atoms with van der Waals surface area (Å²) in [5.41, 5.74) is 6.94. The van der Waals surface area contributed by atoms with E-state index >= 15 is 0 Å². The summed E-state index contributed by atoms with van der Waals surface area (Å²) in [6, 6.07) is 11.5. The molecule has 4 nitrogen and oxygen atoms in total. The minimum atomic E-state index is -0.175. The topological polar surface area (TPSA) is 64.3 Å². The van der Waals surface area contributed by atoms with E-state index in [1.54, 1.807) is 6.08 Å². The lowest BCUT2D eigenvalue weighted by molar-refractivity contribution is 0.0919. The molecule has 0 bridgehead atoms. The Morgan fingerprint density at radius 3 is 2.67 bits per heavy atom. The first-order valence-electron chi connectivity index (χ1n) is 6.97. The molecule has 0 aliphatic carbocycles. The SMILES string of the molecule is C=CCCOCCNC(=O)c1cc2ccccc2cc1N. The molecule has 0 unspecified atom stereocenters. The zero-order valence-electron chi connectivity index (χ0n) is 12.0. The number of amides is 1. The number of nitrogens with one attached hydrogen (secondary N) is 1.